The van der Waals surface area contributed by atoms with E-state index in [1.54, 1.807) is 4.68 Å². The Morgan fingerprint density at radius 2 is 2.31 bits per heavy atom. The first-order valence-electron chi connectivity index (χ1n) is 5.21. The van der Waals surface area contributed by atoms with Crippen LogP contribution in [0.4, 0.5) is 0 Å². The molecular formula is C10H15N5O. The van der Waals surface area contributed by atoms with E-state index < -0.39 is 0 Å². The lowest BCUT2D eigenvalue weighted by atomic mass is 10.4. The molecule has 0 spiro atoms. The molecule has 2 aromatic heterocycles. The third-order valence-electron chi connectivity index (χ3n) is 2.07. The summed E-state index contributed by atoms with van der Waals surface area (Å²) in [6, 6.07) is 2.24. The van der Waals surface area contributed by atoms with Crippen molar-refractivity contribution in [3.05, 3.63) is 18.1 Å². The zero-order valence-corrected chi connectivity index (χ0v) is 9.64. The Morgan fingerprint density at radius 1 is 1.50 bits per heavy atom. The largest absolute Gasteiger partial charge is 0.332 e. The second-order valence-electron chi connectivity index (χ2n) is 3.93. The molecule has 0 saturated carbocycles. The summed E-state index contributed by atoms with van der Waals surface area (Å²) in [7, 11) is 1.85. The smallest absolute Gasteiger partial charge is 0.278 e. The van der Waals surface area contributed by atoms with Gasteiger partial charge in [0.1, 0.15) is 0 Å². The summed E-state index contributed by atoms with van der Waals surface area (Å²) < 4.78 is 6.82. The molecule has 0 aliphatic rings. The fraction of sp³-hybridized carbons (Fsp3) is 0.500. The Kier molecular flexibility index (Phi) is 3.00. The summed E-state index contributed by atoms with van der Waals surface area (Å²) >= 11 is 0. The van der Waals surface area contributed by atoms with Gasteiger partial charge < -0.3 is 9.84 Å². The minimum absolute atomic E-state index is 0.400. The quantitative estimate of drug-likeness (QED) is 0.833. The SMILES string of the molecule is CC(C)NCc1noc(-c2ccn(C)n2)n1. The maximum atomic E-state index is 5.12. The van der Waals surface area contributed by atoms with Gasteiger partial charge in [-0.05, 0) is 6.07 Å². The van der Waals surface area contributed by atoms with Gasteiger partial charge in [0.25, 0.3) is 5.89 Å². The molecule has 0 aliphatic carbocycles. The Bertz CT molecular complexity index is 459. The lowest BCUT2D eigenvalue weighted by Crippen LogP contribution is -2.22. The zero-order chi connectivity index (χ0) is 11.5. The lowest BCUT2D eigenvalue weighted by molar-refractivity contribution is 0.415. The van der Waals surface area contributed by atoms with Crippen LogP contribution in [-0.4, -0.2) is 26.0 Å². The molecule has 0 fully saturated rings. The fourth-order valence-corrected chi connectivity index (χ4v) is 1.25. The number of nitrogens with zero attached hydrogens (tertiary/aromatic N) is 4. The van der Waals surface area contributed by atoms with Crippen LogP contribution in [0.2, 0.25) is 0 Å². The standard InChI is InChI=1S/C10H15N5O/c1-7(2)11-6-9-12-10(16-14-9)8-4-5-15(3)13-8/h4-5,7,11H,6H2,1-3H3. The van der Waals surface area contributed by atoms with Crippen LogP contribution in [-0.2, 0) is 13.6 Å². The number of aromatic nitrogens is 4. The maximum Gasteiger partial charge on any atom is 0.278 e. The van der Waals surface area contributed by atoms with Crippen molar-refractivity contribution in [3.8, 4) is 11.6 Å². The van der Waals surface area contributed by atoms with Gasteiger partial charge in [-0.25, -0.2) is 0 Å². The fourth-order valence-electron chi connectivity index (χ4n) is 1.25. The van der Waals surface area contributed by atoms with E-state index in [0.29, 0.717) is 30.0 Å². The zero-order valence-electron chi connectivity index (χ0n) is 9.64. The summed E-state index contributed by atoms with van der Waals surface area (Å²) in [4.78, 5) is 4.25. The minimum Gasteiger partial charge on any atom is -0.332 e. The number of nitrogens with one attached hydrogen (secondary N) is 1. The van der Waals surface area contributed by atoms with Crippen molar-refractivity contribution >= 4 is 0 Å². The Hall–Kier alpha value is -1.69. The highest BCUT2D eigenvalue weighted by molar-refractivity contribution is 5.44. The van der Waals surface area contributed by atoms with Gasteiger partial charge in [-0.15, -0.1) is 0 Å². The molecule has 0 amide bonds. The average Bonchev–Trinajstić information content (AvgIpc) is 2.83. The van der Waals surface area contributed by atoms with Crippen molar-refractivity contribution < 1.29 is 4.52 Å². The third-order valence-corrected chi connectivity index (χ3v) is 2.07. The van der Waals surface area contributed by atoms with Gasteiger partial charge in [-0.3, -0.25) is 4.68 Å². The van der Waals surface area contributed by atoms with Gasteiger partial charge in [0, 0.05) is 19.3 Å². The Balaban J connectivity index is 2.07. The van der Waals surface area contributed by atoms with Crippen molar-refractivity contribution in [1.82, 2.24) is 25.2 Å². The average molecular weight is 221 g/mol. The van der Waals surface area contributed by atoms with E-state index in [0.717, 1.165) is 0 Å². The van der Waals surface area contributed by atoms with E-state index in [9.17, 15) is 0 Å². The molecule has 86 valence electrons. The highest BCUT2D eigenvalue weighted by Gasteiger charge is 2.10. The van der Waals surface area contributed by atoms with Crippen molar-refractivity contribution in [1.29, 1.82) is 0 Å². The first-order valence-corrected chi connectivity index (χ1v) is 5.21. The van der Waals surface area contributed by atoms with Crippen LogP contribution in [0.5, 0.6) is 0 Å². The first kappa shape index (κ1) is 10.8. The van der Waals surface area contributed by atoms with E-state index >= 15 is 0 Å². The molecular weight excluding hydrogens is 206 g/mol. The van der Waals surface area contributed by atoms with Crippen LogP contribution in [0.1, 0.15) is 19.7 Å². The number of aryl methyl sites for hydroxylation is 1. The molecule has 0 atom stereocenters. The summed E-state index contributed by atoms with van der Waals surface area (Å²) in [5.41, 5.74) is 0.700. The van der Waals surface area contributed by atoms with Gasteiger partial charge in [0.05, 0.1) is 6.54 Å². The third kappa shape index (κ3) is 2.46. The van der Waals surface area contributed by atoms with Crippen LogP contribution in [0, 0.1) is 0 Å². The summed E-state index contributed by atoms with van der Waals surface area (Å²) in [5, 5.41) is 11.3. The Morgan fingerprint density at radius 3 is 2.94 bits per heavy atom. The maximum absolute atomic E-state index is 5.12. The van der Waals surface area contributed by atoms with Crippen molar-refractivity contribution in [2.24, 2.45) is 7.05 Å². The predicted molar refractivity (Wildman–Crippen MR) is 58.5 cm³/mol. The van der Waals surface area contributed by atoms with Crippen LogP contribution >= 0.6 is 0 Å². The number of hydrogen-bond acceptors (Lipinski definition) is 5. The van der Waals surface area contributed by atoms with E-state index in [-0.39, 0.29) is 0 Å². The molecule has 0 radical (unpaired) electrons. The van der Waals surface area contributed by atoms with E-state index in [1.165, 1.54) is 0 Å². The molecule has 2 heterocycles. The molecule has 0 aromatic carbocycles. The molecule has 2 aromatic rings. The van der Waals surface area contributed by atoms with Crippen molar-refractivity contribution in [3.63, 3.8) is 0 Å². The van der Waals surface area contributed by atoms with E-state index in [2.05, 4.69) is 34.4 Å². The molecule has 6 nitrogen and oxygen atoms in total. The monoisotopic (exact) mass is 221 g/mol. The minimum atomic E-state index is 0.400. The van der Waals surface area contributed by atoms with Gasteiger partial charge in [-0.2, -0.15) is 10.1 Å². The lowest BCUT2D eigenvalue weighted by Gasteiger charge is -2.02. The van der Waals surface area contributed by atoms with Gasteiger partial charge in [-0.1, -0.05) is 19.0 Å². The number of hydrogen-bond donors (Lipinski definition) is 1. The number of rotatable bonds is 4. The summed E-state index contributed by atoms with van der Waals surface area (Å²) in [6.45, 7) is 4.74. The molecule has 2 rings (SSSR count). The molecule has 16 heavy (non-hydrogen) atoms. The van der Waals surface area contributed by atoms with Crippen LogP contribution in [0.15, 0.2) is 16.8 Å². The van der Waals surface area contributed by atoms with Crippen LogP contribution in [0.3, 0.4) is 0 Å². The van der Waals surface area contributed by atoms with Gasteiger partial charge in [0.2, 0.25) is 0 Å². The van der Waals surface area contributed by atoms with Gasteiger partial charge in [0.15, 0.2) is 11.5 Å². The second-order valence-corrected chi connectivity index (χ2v) is 3.93. The molecule has 6 heteroatoms. The van der Waals surface area contributed by atoms with Crippen LogP contribution in [0.25, 0.3) is 11.6 Å². The van der Waals surface area contributed by atoms with Crippen molar-refractivity contribution in [2.45, 2.75) is 26.4 Å². The second kappa shape index (κ2) is 4.44. The van der Waals surface area contributed by atoms with E-state index in [4.69, 9.17) is 4.52 Å². The predicted octanol–water partition coefficient (Wildman–Crippen LogP) is 0.968. The summed E-state index contributed by atoms with van der Waals surface area (Å²) in [6.07, 6.45) is 1.84. The van der Waals surface area contributed by atoms with Crippen molar-refractivity contribution in [2.75, 3.05) is 0 Å². The topological polar surface area (TPSA) is 68.8 Å². The first-order chi connectivity index (χ1) is 7.65. The normalized spacial score (nSPS) is 11.2. The highest BCUT2D eigenvalue weighted by atomic mass is 16.5. The highest BCUT2D eigenvalue weighted by Crippen LogP contribution is 2.13. The van der Waals surface area contributed by atoms with Gasteiger partial charge >= 0.3 is 0 Å². The molecule has 0 bridgehead atoms. The molecule has 0 saturated heterocycles. The Labute approximate surface area is 93.7 Å². The summed E-state index contributed by atoms with van der Waals surface area (Å²) in [5.74, 6) is 1.11. The van der Waals surface area contributed by atoms with E-state index in [1.807, 2.05) is 19.3 Å². The van der Waals surface area contributed by atoms with Crippen LogP contribution < -0.4 is 5.32 Å². The molecule has 0 aliphatic heterocycles. The molecule has 0 unspecified atom stereocenters. The molecule has 1 N–H and O–H groups in total.